The number of rotatable bonds is 15. The van der Waals surface area contributed by atoms with E-state index in [1.807, 2.05) is 36.4 Å². The van der Waals surface area contributed by atoms with Crippen LogP contribution in [0, 0.1) is 0 Å². The first-order valence-corrected chi connectivity index (χ1v) is 13.7. The second kappa shape index (κ2) is 14.8. The molecule has 0 radical (unpaired) electrons. The van der Waals surface area contributed by atoms with Crippen molar-refractivity contribution in [2.45, 2.75) is 31.5 Å². The lowest BCUT2D eigenvalue weighted by molar-refractivity contribution is -0.126. The molecule has 3 aromatic rings. The second-order valence-electron chi connectivity index (χ2n) is 9.71. The number of methoxy groups -OCH3 is 3. The molecule has 1 aliphatic rings. The highest BCUT2D eigenvalue weighted by atomic mass is 16.5. The van der Waals surface area contributed by atoms with Crippen LogP contribution in [0.4, 0.5) is 0 Å². The number of hydrogen-bond acceptors (Lipinski definition) is 9. The van der Waals surface area contributed by atoms with Crippen LogP contribution in [0.2, 0.25) is 0 Å². The SMILES string of the molecule is COc1cc(OC)c(CNC(=O)[C@@]2(Cc3ccccc3CN=[N+]=[N-])COC(c3ccc(OCCCO)cc3)=N2)c(OC)c1. The number of aliphatic hydroxyl groups excluding tert-OH is 1. The Balaban J connectivity index is 1.66. The Morgan fingerprint density at radius 3 is 2.37 bits per heavy atom. The van der Waals surface area contributed by atoms with Crippen molar-refractivity contribution < 1.29 is 33.6 Å². The fourth-order valence-corrected chi connectivity index (χ4v) is 4.72. The Labute approximate surface area is 249 Å². The van der Waals surface area contributed by atoms with E-state index in [4.69, 9.17) is 39.3 Å². The zero-order valence-electron chi connectivity index (χ0n) is 24.4. The third-order valence-electron chi connectivity index (χ3n) is 7.01. The number of carbonyl (C=O) groups is 1. The summed E-state index contributed by atoms with van der Waals surface area (Å²) < 4.78 is 28.1. The van der Waals surface area contributed by atoms with Crippen LogP contribution in [-0.4, -0.2) is 63.6 Å². The van der Waals surface area contributed by atoms with Crippen LogP contribution in [0.15, 0.2) is 70.8 Å². The molecule has 3 aromatic carbocycles. The van der Waals surface area contributed by atoms with E-state index in [2.05, 4.69) is 15.3 Å². The van der Waals surface area contributed by atoms with Crippen LogP contribution < -0.4 is 24.3 Å². The molecule has 0 fully saturated rings. The molecule has 2 N–H and O–H groups in total. The number of benzene rings is 3. The van der Waals surface area contributed by atoms with Gasteiger partial charge in [0, 0.05) is 42.1 Å². The van der Waals surface area contributed by atoms with Gasteiger partial charge in [-0.25, -0.2) is 4.99 Å². The Bertz CT molecular complexity index is 1460. The third kappa shape index (κ3) is 7.48. The lowest BCUT2D eigenvalue weighted by Gasteiger charge is -2.25. The van der Waals surface area contributed by atoms with Crippen molar-refractivity contribution in [3.63, 3.8) is 0 Å². The fourth-order valence-electron chi connectivity index (χ4n) is 4.72. The summed E-state index contributed by atoms with van der Waals surface area (Å²) in [6.45, 7) is 0.684. The Hall–Kier alpha value is -4.93. The molecule has 1 atom stereocenters. The van der Waals surface area contributed by atoms with Crippen LogP contribution >= 0.6 is 0 Å². The second-order valence-corrected chi connectivity index (χ2v) is 9.71. The zero-order valence-corrected chi connectivity index (χ0v) is 24.4. The van der Waals surface area contributed by atoms with Crippen molar-refractivity contribution in [2.75, 3.05) is 41.2 Å². The maximum atomic E-state index is 14.0. The summed E-state index contributed by atoms with van der Waals surface area (Å²) in [5.74, 6) is 2.17. The smallest absolute Gasteiger partial charge is 0.252 e. The van der Waals surface area contributed by atoms with Gasteiger partial charge in [0.15, 0.2) is 5.54 Å². The molecule has 1 heterocycles. The van der Waals surface area contributed by atoms with Crippen molar-refractivity contribution in [2.24, 2.45) is 10.1 Å². The molecule has 12 heteroatoms. The Kier molecular flexibility index (Phi) is 10.7. The van der Waals surface area contributed by atoms with Crippen LogP contribution in [0.25, 0.3) is 10.4 Å². The van der Waals surface area contributed by atoms with E-state index in [1.165, 1.54) is 14.2 Å². The molecule has 0 bridgehead atoms. The predicted octanol–water partition coefficient (Wildman–Crippen LogP) is 4.36. The van der Waals surface area contributed by atoms with Gasteiger partial charge in [-0.1, -0.05) is 29.4 Å². The largest absolute Gasteiger partial charge is 0.496 e. The molecule has 226 valence electrons. The molecule has 0 aromatic heterocycles. The number of aliphatic hydroxyl groups is 1. The number of ether oxygens (including phenoxy) is 5. The van der Waals surface area contributed by atoms with E-state index < -0.39 is 5.54 Å². The summed E-state index contributed by atoms with van der Waals surface area (Å²) in [7, 11) is 4.62. The maximum absolute atomic E-state index is 14.0. The molecule has 1 amide bonds. The molecule has 0 saturated heterocycles. The van der Waals surface area contributed by atoms with Gasteiger partial charge in [0.1, 0.15) is 29.6 Å². The van der Waals surface area contributed by atoms with E-state index in [-0.39, 0.29) is 38.6 Å². The van der Waals surface area contributed by atoms with Gasteiger partial charge in [0.2, 0.25) is 5.90 Å². The van der Waals surface area contributed by atoms with Crippen LogP contribution in [0.1, 0.15) is 28.7 Å². The summed E-state index contributed by atoms with van der Waals surface area (Å²) >= 11 is 0. The zero-order chi connectivity index (χ0) is 30.7. The van der Waals surface area contributed by atoms with Gasteiger partial charge in [-0.2, -0.15) is 0 Å². The van der Waals surface area contributed by atoms with Crippen molar-refractivity contribution in [3.05, 3.63) is 93.4 Å². The highest BCUT2D eigenvalue weighted by Crippen LogP contribution is 2.35. The normalized spacial score (nSPS) is 15.5. The molecular formula is C31H35N5O7. The first-order chi connectivity index (χ1) is 21.0. The minimum atomic E-state index is -1.31. The van der Waals surface area contributed by atoms with Crippen molar-refractivity contribution >= 4 is 11.8 Å². The topological polar surface area (TPSA) is 157 Å². The van der Waals surface area contributed by atoms with Gasteiger partial charge >= 0.3 is 0 Å². The Morgan fingerprint density at radius 2 is 1.74 bits per heavy atom. The van der Waals surface area contributed by atoms with E-state index in [0.29, 0.717) is 53.1 Å². The Morgan fingerprint density at radius 1 is 1.05 bits per heavy atom. The van der Waals surface area contributed by atoms with Crippen molar-refractivity contribution in [3.8, 4) is 23.0 Å². The molecule has 43 heavy (non-hydrogen) atoms. The van der Waals surface area contributed by atoms with Crippen LogP contribution in [0.3, 0.4) is 0 Å². The molecule has 12 nitrogen and oxygen atoms in total. The number of carbonyl (C=O) groups excluding carboxylic acids is 1. The minimum absolute atomic E-state index is 0.00431. The molecule has 0 saturated carbocycles. The van der Waals surface area contributed by atoms with E-state index in [1.54, 1.807) is 31.4 Å². The number of nitrogens with zero attached hydrogens (tertiary/aromatic N) is 4. The predicted molar refractivity (Wildman–Crippen MR) is 160 cm³/mol. The van der Waals surface area contributed by atoms with E-state index >= 15 is 0 Å². The molecule has 0 aliphatic carbocycles. The lowest BCUT2D eigenvalue weighted by atomic mass is 9.89. The van der Waals surface area contributed by atoms with Gasteiger partial charge in [0.25, 0.3) is 5.91 Å². The van der Waals surface area contributed by atoms with Gasteiger partial charge in [-0.15, -0.1) is 0 Å². The minimum Gasteiger partial charge on any atom is -0.496 e. The summed E-state index contributed by atoms with van der Waals surface area (Å²) in [6, 6.07) is 18.1. The van der Waals surface area contributed by atoms with Gasteiger partial charge in [0.05, 0.1) is 46.6 Å². The average Bonchev–Trinajstić information content (AvgIpc) is 3.48. The molecule has 0 unspecified atom stereocenters. The molecule has 4 rings (SSSR count). The standard InChI is InChI=1S/C31H35N5O7/c1-39-25-15-27(40-2)26(28(16-25)41-3)19-33-30(38)31(17-22-7-4-5-8-23(22)18-34-36-32)20-43-29(35-31)21-9-11-24(12-10-21)42-14-6-13-37/h4-5,7-12,15-16,37H,6,13-14,17-20H2,1-3H3,(H,33,38)/t31-/m1/s1. The van der Waals surface area contributed by atoms with Gasteiger partial charge in [-0.3, -0.25) is 4.79 Å². The quantitative estimate of drug-likeness (QED) is 0.115. The lowest BCUT2D eigenvalue weighted by Crippen LogP contribution is -2.48. The fraction of sp³-hybridized carbons (Fsp3) is 0.355. The number of hydrogen-bond donors (Lipinski definition) is 2. The maximum Gasteiger partial charge on any atom is 0.252 e. The number of nitrogens with one attached hydrogen (secondary N) is 1. The summed E-state index contributed by atoms with van der Waals surface area (Å²) in [6.07, 6.45) is 0.739. The van der Waals surface area contributed by atoms with Crippen molar-refractivity contribution in [1.29, 1.82) is 0 Å². The average molecular weight is 590 g/mol. The van der Waals surface area contributed by atoms with Crippen LogP contribution in [0.5, 0.6) is 23.0 Å². The first kappa shape index (κ1) is 31.0. The van der Waals surface area contributed by atoms with Gasteiger partial charge < -0.3 is 34.1 Å². The van der Waals surface area contributed by atoms with E-state index in [9.17, 15) is 4.79 Å². The number of aliphatic imine (C=N–C) groups is 1. The summed E-state index contributed by atoms with van der Waals surface area (Å²) in [4.78, 5) is 21.8. The van der Waals surface area contributed by atoms with Crippen molar-refractivity contribution in [1.82, 2.24) is 5.32 Å². The van der Waals surface area contributed by atoms with E-state index in [0.717, 1.165) is 11.1 Å². The van der Waals surface area contributed by atoms with Crippen LogP contribution in [-0.2, 0) is 29.0 Å². The third-order valence-corrected chi connectivity index (χ3v) is 7.01. The monoisotopic (exact) mass is 589 g/mol. The highest BCUT2D eigenvalue weighted by Gasteiger charge is 2.45. The van der Waals surface area contributed by atoms with Gasteiger partial charge in [-0.05, 0) is 40.9 Å². The summed E-state index contributed by atoms with van der Waals surface area (Å²) in [5, 5.41) is 15.7. The molecule has 0 spiro atoms. The molecular weight excluding hydrogens is 554 g/mol. The summed E-state index contributed by atoms with van der Waals surface area (Å²) in [5.41, 5.74) is 10.5. The first-order valence-electron chi connectivity index (χ1n) is 13.7. The highest BCUT2D eigenvalue weighted by molar-refractivity contribution is 6.00. The molecule has 1 aliphatic heterocycles. The number of azide groups is 1. The number of amides is 1.